The largest absolute Gasteiger partial charge is 0.497 e. The van der Waals surface area contributed by atoms with Crippen LogP contribution in [0.4, 0.5) is 0 Å². The molecule has 1 spiro atoms. The molecule has 216 valence electrons. The number of carbonyl (C=O) groups excluding carboxylic acids is 2. The third-order valence-corrected chi connectivity index (χ3v) is 12.9. The zero-order chi connectivity index (χ0) is 28.4. The van der Waals surface area contributed by atoms with Crippen molar-refractivity contribution in [3.05, 3.63) is 24.3 Å². The summed E-state index contributed by atoms with van der Waals surface area (Å²) in [5.41, 5.74) is -1.15. The van der Waals surface area contributed by atoms with E-state index in [0.29, 0.717) is 18.9 Å². The average molecular weight is 579 g/mol. The Labute approximate surface area is 237 Å². The lowest BCUT2D eigenvalue weighted by Crippen LogP contribution is -2.66. The lowest BCUT2D eigenvalue weighted by molar-refractivity contribution is -0.222. The standard InChI is InChI=1S/C30H42O7S2/c1-27(2)22-13-16-29(4)23(28(22,3)15-14-24(27)37-39(6,33)34)12-11-21(30(29)17-25(31)36-18-30)26(32)38-20-9-7-19(35-5)8-10-20/h7-10,21-24H,11-18H2,1-6H3/t21-,22?,23-,24+,28+,29-,30+/m1/s1. The van der Waals surface area contributed by atoms with Crippen LogP contribution in [0.15, 0.2) is 29.2 Å². The quantitative estimate of drug-likeness (QED) is 0.244. The van der Waals surface area contributed by atoms with Gasteiger partial charge in [0.25, 0.3) is 10.1 Å². The number of thioether (sulfide) groups is 1. The van der Waals surface area contributed by atoms with Crippen LogP contribution in [0.5, 0.6) is 5.75 Å². The molecule has 7 nitrogen and oxygen atoms in total. The van der Waals surface area contributed by atoms with Crippen LogP contribution in [0.25, 0.3) is 0 Å². The van der Waals surface area contributed by atoms with Crippen LogP contribution >= 0.6 is 11.8 Å². The zero-order valence-electron chi connectivity index (χ0n) is 23.9. The molecule has 1 saturated heterocycles. The van der Waals surface area contributed by atoms with Gasteiger partial charge < -0.3 is 9.47 Å². The minimum Gasteiger partial charge on any atom is -0.497 e. The first-order valence-electron chi connectivity index (χ1n) is 14.1. The fourth-order valence-electron chi connectivity index (χ4n) is 9.50. The molecule has 7 atom stereocenters. The molecule has 0 radical (unpaired) electrons. The van der Waals surface area contributed by atoms with Gasteiger partial charge in [-0.1, -0.05) is 39.5 Å². The SMILES string of the molecule is COc1ccc(SC(=O)[C@H]2CC[C@@H]3[C@@]4(C)CC[C@H](OS(C)(=O)=O)C(C)(C)C4CC[C@@]3(C)[C@@]23COC(=O)C3)cc1. The Kier molecular flexibility index (Phi) is 7.24. The molecule has 1 unspecified atom stereocenters. The van der Waals surface area contributed by atoms with E-state index in [-0.39, 0.29) is 51.7 Å². The Morgan fingerprint density at radius 1 is 1.00 bits per heavy atom. The van der Waals surface area contributed by atoms with Gasteiger partial charge in [0.1, 0.15) is 5.75 Å². The van der Waals surface area contributed by atoms with Gasteiger partial charge in [-0.05, 0) is 90.9 Å². The smallest absolute Gasteiger partial charge is 0.306 e. The Morgan fingerprint density at radius 2 is 1.69 bits per heavy atom. The maximum absolute atomic E-state index is 13.9. The molecule has 0 N–H and O–H groups in total. The van der Waals surface area contributed by atoms with Crippen molar-refractivity contribution in [1.29, 1.82) is 0 Å². The van der Waals surface area contributed by atoms with Crippen molar-refractivity contribution in [2.24, 2.45) is 39.4 Å². The third kappa shape index (κ3) is 4.64. The highest BCUT2D eigenvalue weighted by Gasteiger charge is 2.71. The van der Waals surface area contributed by atoms with E-state index in [1.807, 2.05) is 24.3 Å². The van der Waals surface area contributed by atoms with Crippen molar-refractivity contribution in [3.63, 3.8) is 0 Å². The fourth-order valence-corrected chi connectivity index (χ4v) is 11.3. The second-order valence-electron chi connectivity index (χ2n) is 13.4. The average Bonchev–Trinajstić information content (AvgIpc) is 3.24. The molecule has 5 rings (SSSR count). The minimum atomic E-state index is -3.56. The first-order valence-corrected chi connectivity index (χ1v) is 16.7. The van der Waals surface area contributed by atoms with Gasteiger partial charge in [-0.2, -0.15) is 8.42 Å². The number of ether oxygens (including phenoxy) is 2. The number of esters is 1. The van der Waals surface area contributed by atoms with Crippen LogP contribution in [-0.2, 0) is 28.6 Å². The highest BCUT2D eigenvalue weighted by atomic mass is 32.2. The molecule has 39 heavy (non-hydrogen) atoms. The van der Waals surface area contributed by atoms with Crippen LogP contribution in [0, 0.1) is 39.4 Å². The molecule has 9 heteroatoms. The highest BCUT2D eigenvalue weighted by Crippen LogP contribution is 2.74. The number of hydrogen-bond acceptors (Lipinski definition) is 8. The summed E-state index contributed by atoms with van der Waals surface area (Å²) in [5.74, 6) is 0.847. The molecule has 4 aliphatic rings. The van der Waals surface area contributed by atoms with Crippen LogP contribution in [-0.4, -0.2) is 45.6 Å². The van der Waals surface area contributed by atoms with Crippen LogP contribution in [0.2, 0.25) is 0 Å². The highest BCUT2D eigenvalue weighted by molar-refractivity contribution is 8.13. The van der Waals surface area contributed by atoms with Crippen LogP contribution < -0.4 is 4.74 Å². The summed E-state index contributed by atoms with van der Waals surface area (Å²) < 4.78 is 40.7. The molecule has 0 bridgehead atoms. The molecule has 3 aliphatic carbocycles. The topological polar surface area (TPSA) is 96.0 Å². The van der Waals surface area contributed by atoms with Crippen molar-refractivity contribution in [2.45, 2.75) is 83.6 Å². The third-order valence-electron chi connectivity index (χ3n) is 11.3. The first-order chi connectivity index (χ1) is 18.2. The van der Waals surface area contributed by atoms with E-state index in [9.17, 15) is 18.0 Å². The predicted molar refractivity (Wildman–Crippen MR) is 150 cm³/mol. The van der Waals surface area contributed by atoms with E-state index in [4.69, 9.17) is 13.7 Å². The molecular formula is C30H42O7S2. The minimum absolute atomic E-state index is 0.0519. The Morgan fingerprint density at radius 3 is 2.28 bits per heavy atom. The molecule has 0 aromatic heterocycles. The lowest BCUT2D eigenvalue weighted by atomic mass is 9.35. The van der Waals surface area contributed by atoms with E-state index < -0.39 is 15.5 Å². The summed E-state index contributed by atoms with van der Waals surface area (Å²) in [6.45, 7) is 9.29. The Bertz CT molecular complexity index is 1240. The number of cyclic esters (lactones) is 1. The van der Waals surface area contributed by atoms with E-state index in [2.05, 4.69) is 27.7 Å². The number of carbonyl (C=O) groups is 2. The summed E-state index contributed by atoms with van der Waals surface area (Å²) in [6.07, 6.45) is 6.03. The zero-order valence-corrected chi connectivity index (χ0v) is 25.6. The lowest BCUT2D eigenvalue weighted by Gasteiger charge is -2.69. The summed E-state index contributed by atoms with van der Waals surface area (Å²) in [6, 6.07) is 7.53. The van der Waals surface area contributed by atoms with E-state index >= 15 is 0 Å². The van der Waals surface area contributed by atoms with Crippen LogP contribution in [0.1, 0.15) is 72.6 Å². The van der Waals surface area contributed by atoms with E-state index in [0.717, 1.165) is 49.0 Å². The number of hydrogen-bond donors (Lipinski definition) is 0. The van der Waals surface area contributed by atoms with Gasteiger partial charge in [-0.3, -0.25) is 13.8 Å². The molecular weight excluding hydrogens is 536 g/mol. The van der Waals surface area contributed by atoms with Gasteiger partial charge in [0.05, 0.1) is 32.5 Å². The van der Waals surface area contributed by atoms with Gasteiger partial charge >= 0.3 is 5.97 Å². The molecule has 1 heterocycles. The summed E-state index contributed by atoms with van der Waals surface area (Å²) in [5, 5.41) is 0.107. The van der Waals surface area contributed by atoms with Gasteiger partial charge in [-0.15, -0.1) is 0 Å². The first kappa shape index (κ1) is 28.9. The molecule has 3 saturated carbocycles. The predicted octanol–water partition coefficient (Wildman–Crippen LogP) is 5.86. The van der Waals surface area contributed by atoms with Crippen molar-refractivity contribution in [1.82, 2.24) is 0 Å². The summed E-state index contributed by atoms with van der Waals surface area (Å²) in [7, 11) is -1.94. The van der Waals surface area contributed by atoms with Crippen LogP contribution in [0.3, 0.4) is 0 Å². The molecule has 0 amide bonds. The summed E-state index contributed by atoms with van der Waals surface area (Å²) in [4.78, 5) is 27.6. The normalized spacial score (nSPS) is 39.5. The number of benzene rings is 1. The second kappa shape index (κ2) is 9.76. The Balaban J connectivity index is 1.47. The van der Waals surface area contributed by atoms with E-state index in [1.165, 1.54) is 11.8 Å². The molecule has 4 fully saturated rings. The Hall–Kier alpha value is -1.58. The second-order valence-corrected chi connectivity index (χ2v) is 16.1. The fraction of sp³-hybridized carbons (Fsp3) is 0.733. The monoisotopic (exact) mass is 578 g/mol. The number of methoxy groups -OCH3 is 1. The van der Waals surface area contributed by atoms with Gasteiger partial charge in [-0.25, -0.2) is 0 Å². The number of fused-ring (bicyclic) bond motifs is 4. The van der Waals surface area contributed by atoms with Crippen molar-refractivity contribution >= 4 is 33.0 Å². The molecule has 1 aromatic carbocycles. The number of rotatable bonds is 5. The maximum atomic E-state index is 13.9. The maximum Gasteiger partial charge on any atom is 0.306 e. The molecule has 1 aliphatic heterocycles. The van der Waals surface area contributed by atoms with Gasteiger partial charge in [0.15, 0.2) is 5.12 Å². The molecule has 1 aromatic rings. The van der Waals surface area contributed by atoms with Crippen molar-refractivity contribution < 1.29 is 31.7 Å². The van der Waals surface area contributed by atoms with Gasteiger partial charge in [0.2, 0.25) is 0 Å². The van der Waals surface area contributed by atoms with Crippen molar-refractivity contribution in [2.75, 3.05) is 20.0 Å². The van der Waals surface area contributed by atoms with Gasteiger partial charge in [0, 0.05) is 16.2 Å². The van der Waals surface area contributed by atoms with E-state index in [1.54, 1.807) is 7.11 Å². The van der Waals surface area contributed by atoms with Crippen molar-refractivity contribution in [3.8, 4) is 5.75 Å². The summed E-state index contributed by atoms with van der Waals surface area (Å²) >= 11 is 1.26.